The second-order valence-electron chi connectivity index (χ2n) is 7.62. The summed E-state index contributed by atoms with van der Waals surface area (Å²) >= 11 is 1.24. The van der Waals surface area contributed by atoms with Crippen LogP contribution in [0.5, 0.6) is 11.5 Å². The van der Waals surface area contributed by atoms with Crippen LogP contribution in [-0.2, 0) is 0 Å². The van der Waals surface area contributed by atoms with Gasteiger partial charge < -0.3 is 9.47 Å². The summed E-state index contributed by atoms with van der Waals surface area (Å²) in [5.41, 5.74) is 3.67. The van der Waals surface area contributed by atoms with Crippen LogP contribution in [0, 0.1) is 13.8 Å². The van der Waals surface area contributed by atoms with E-state index in [4.69, 9.17) is 14.5 Å². The molecule has 0 saturated heterocycles. The highest BCUT2D eigenvalue weighted by molar-refractivity contribution is 7.99. The predicted molar refractivity (Wildman–Crippen MR) is 131 cm³/mol. The number of ketones is 1. The number of hydrogen-bond acceptors (Lipinski definition) is 6. The van der Waals surface area contributed by atoms with Gasteiger partial charge in [-0.15, -0.1) is 0 Å². The van der Waals surface area contributed by atoms with E-state index in [9.17, 15) is 9.59 Å². The number of fused-ring (bicyclic) bond motifs is 1. The van der Waals surface area contributed by atoms with Crippen LogP contribution in [0.4, 0.5) is 0 Å². The van der Waals surface area contributed by atoms with Gasteiger partial charge in [0.1, 0.15) is 0 Å². The summed E-state index contributed by atoms with van der Waals surface area (Å²) in [6.45, 7) is 3.93. The number of carbonyl (C=O) groups is 1. The predicted octanol–water partition coefficient (Wildman–Crippen LogP) is 4.99. The van der Waals surface area contributed by atoms with Crippen molar-refractivity contribution in [1.29, 1.82) is 0 Å². The monoisotopic (exact) mass is 460 g/mol. The van der Waals surface area contributed by atoms with Gasteiger partial charge >= 0.3 is 0 Å². The lowest BCUT2D eigenvalue weighted by Crippen LogP contribution is -2.22. The molecule has 0 aliphatic heterocycles. The molecular weight excluding hydrogens is 436 g/mol. The van der Waals surface area contributed by atoms with Crippen LogP contribution in [0.25, 0.3) is 16.6 Å². The number of rotatable bonds is 7. The number of methoxy groups -OCH3 is 2. The number of thioether (sulfide) groups is 1. The Kier molecular flexibility index (Phi) is 6.51. The van der Waals surface area contributed by atoms with Crippen LogP contribution >= 0.6 is 11.8 Å². The van der Waals surface area contributed by atoms with Crippen molar-refractivity contribution in [2.24, 2.45) is 0 Å². The Balaban J connectivity index is 1.79. The van der Waals surface area contributed by atoms with Crippen molar-refractivity contribution >= 4 is 28.4 Å². The molecule has 0 saturated carbocycles. The molecule has 168 valence electrons. The Labute approximate surface area is 196 Å². The number of aromatic nitrogens is 2. The van der Waals surface area contributed by atoms with E-state index in [1.54, 1.807) is 50.6 Å². The fourth-order valence-electron chi connectivity index (χ4n) is 3.74. The number of nitrogens with zero attached hydrogens (tertiary/aromatic N) is 2. The Bertz CT molecular complexity index is 1410. The minimum absolute atomic E-state index is 0.0150. The minimum atomic E-state index is -0.214. The third-order valence-electron chi connectivity index (χ3n) is 5.38. The lowest BCUT2D eigenvalue weighted by atomic mass is 10.0. The second-order valence-corrected chi connectivity index (χ2v) is 8.56. The molecule has 1 heterocycles. The molecule has 0 unspecified atom stereocenters. The highest BCUT2D eigenvalue weighted by atomic mass is 32.2. The fourth-order valence-corrected chi connectivity index (χ4v) is 4.63. The minimum Gasteiger partial charge on any atom is -0.493 e. The molecule has 4 aromatic rings. The van der Waals surface area contributed by atoms with E-state index in [1.165, 1.54) is 16.3 Å². The second kappa shape index (κ2) is 9.50. The van der Waals surface area contributed by atoms with E-state index in [-0.39, 0.29) is 17.1 Å². The number of aryl methyl sites for hydroxylation is 2. The highest BCUT2D eigenvalue weighted by Gasteiger charge is 2.17. The first-order valence-corrected chi connectivity index (χ1v) is 11.4. The molecule has 1 aromatic heterocycles. The van der Waals surface area contributed by atoms with Crippen molar-refractivity contribution in [3.05, 3.63) is 87.7 Å². The summed E-state index contributed by atoms with van der Waals surface area (Å²) in [4.78, 5) is 31.1. The Morgan fingerprint density at radius 2 is 1.73 bits per heavy atom. The molecule has 0 fully saturated rings. The average Bonchev–Trinajstić information content (AvgIpc) is 2.82. The fraction of sp³-hybridized carbons (Fsp3) is 0.192. The summed E-state index contributed by atoms with van der Waals surface area (Å²) in [6, 6.07) is 18.2. The van der Waals surface area contributed by atoms with Crippen LogP contribution in [0.3, 0.4) is 0 Å². The van der Waals surface area contributed by atoms with Gasteiger partial charge in [-0.3, -0.25) is 14.2 Å². The van der Waals surface area contributed by atoms with Gasteiger partial charge in [-0.25, -0.2) is 4.98 Å². The van der Waals surface area contributed by atoms with Crippen molar-refractivity contribution in [1.82, 2.24) is 9.55 Å². The smallest absolute Gasteiger partial charge is 0.266 e. The molecule has 0 aliphatic rings. The molecule has 0 bridgehead atoms. The van der Waals surface area contributed by atoms with E-state index < -0.39 is 0 Å². The SMILES string of the molecule is COc1ccc(-n2c(SCC(=O)c3ccc(C)cc3C)nc3ccccc3c2=O)cc1OC. The van der Waals surface area contributed by atoms with Gasteiger partial charge in [0.25, 0.3) is 5.56 Å². The molecule has 0 N–H and O–H groups in total. The Morgan fingerprint density at radius 3 is 2.45 bits per heavy atom. The lowest BCUT2D eigenvalue weighted by molar-refractivity contribution is 0.102. The molecule has 0 spiro atoms. The number of Topliss-reactive ketones (excluding diaryl/α,β-unsaturated/α-hetero) is 1. The highest BCUT2D eigenvalue weighted by Crippen LogP contribution is 2.31. The van der Waals surface area contributed by atoms with Gasteiger partial charge in [-0.2, -0.15) is 0 Å². The average molecular weight is 461 g/mol. The quantitative estimate of drug-likeness (QED) is 0.220. The van der Waals surface area contributed by atoms with Gasteiger partial charge in [0, 0.05) is 11.6 Å². The van der Waals surface area contributed by atoms with Crippen LogP contribution in [0.1, 0.15) is 21.5 Å². The zero-order chi connectivity index (χ0) is 23.5. The molecule has 7 heteroatoms. The van der Waals surface area contributed by atoms with Crippen LogP contribution in [-0.4, -0.2) is 35.3 Å². The third-order valence-corrected chi connectivity index (χ3v) is 6.32. The van der Waals surface area contributed by atoms with Crippen LogP contribution < -0.4 is 15.0 Å². The first-order chi connectivity index (χ1) is 15.9. The molecule has 0 radical (unpaired) electrons. The van der Waals surface area contributed by atoms with Crippen molar-refractivity contribution in [3.63, 3.8) is 0 Å². The van der Waals surface area contributed by atoms with E-state index in [2.05, 4.69) is 0 Å². The maximum Gasteiger partial charge on any atom is 0.266 e. The molecule has 6 nitrogen and oxygen atoms in total. The van der Waals surface area contributed by atoms with Gasteiger partial charge in [-0.1, -0.05) is 47.7 Å². The largest absolute Gasteiger partial charge is 0.493 e. The summed E-state index contributed by atoms with van der Waals surface area (Å²) in [5.74, 6) is 1.19. The first kappa shape index (κ1) is 22.6. The zero-order valence-corrected chi connectivity index (χ0v) is 19.7. The molecule has 3 aromatic carbocycles. The molecule has 0 amide bonds. The molecule has 33 heavy (non-hydrogen) atoms. The number of carbonyl (C=O) groups excluding carboxylic acids is 1. The van der Waals surface area contributed by atoms with E-state index in [0.29, 0.717) is 38.8 Å². The van der Waals surface area contributed by atoms with Crippen molar-refractivity contribution in [2.45, 2.75) is 19.0 Å². The standard InChI is InChI=1S/C26H24N2O4S/c1-16-9-11-19(17(2)13-16)22(29)15-33-26-27-21-8-6-5-7-20(21)25(30)28(26)18-10-12-23(31-3)24(14-18)32-4/h5-14H,15H2,1-4H3. The number of hydrogen-bond donors (Lipinski definition) is 0. The zero-order valence-electron chi connectivity index (χ0n) is 18.9. The number of ether oxygens (including phenoxy) is 2. The van der Waals surface area contributed by atoms with Gasteiger partial charge in [0.2, 0.25) is 0 Å². The van der Waals surface area contributed by atoms with E-state index in [0.717, 1.165) is 11.1 Å². The van der Waals surface area contributed by atoms with E-state index >= 15 is 0 Å². The number of para-hydroxylation sites is 1. The van der Waals surface area contributed by atoms with Crippen LogP contribution in [0.2, 0.25) is 0 Å². The maximum absolute atomic E-state index is 13.5. The summed E-state index contributed by atoms with van der Waals surface area (Å²) in [7, 11) is 3.10. The first-order valence-electron chi connectivity index (χ1n) is 10.4. The normalized spacial score (nSPS) is 10.9. The molecular formula is C26H24N2O4S. The molecule has 4 rings (SSSR count). The summed E-state index contributed by atoms with van der Waals surface area (Å²) in [5, 5.41) is 0.932. The Morgan fingerprint density at radius 1 is 0.970 bits per heavy atom. The third kappa shape index (κ3) is 4.50. The Hall–Kier alpha value is -3.58. The van der Waals surface area contributed by atoms with Gasteiger partial charge in [0.05, 0.1) is 36.6 Å². The number of benzene rings is 3. The van der Waals surface area contributed by atoms with Gasteiger partial charge in [-0.05, 0) is 43.7 Å². The maximum atomic E-state index is 13.5. The van der Waals surface area contributed by atoms with Crippen molar-refractivity contribution in [3.8, 4) is 17.2 Å². The van der Waals surface area contributed by atoms with Crippen molar-refractivity contribution in [2.75, 3.05) is 20.0 Å². The van der Waals surface area contributed by atoms with Crippen LogP contribution in [0.15, 0.2) is 70.6 Å². The summed E-state index contributed by atoms with van der Waals surface area (Å²) in [6.07, 6.45) is 0. The lowest BCUT2D eigenvalue weighted by Gasteiger charge is -2.15. The molecule has 0 atom stereocenters. The topological polar surface area (TPSA) is 70.4 Å². The van der Waals surface area contributed by atoms with Gasteiger partial charge in [0.15, 0.2) is 22.4 Å². The molecule has 0 aliphatic carbocycles. The summed E-state index contributed by atoms with van der Waals surface area (Å²) < 4.78 is 12.3. The van der Waals surface area contributed by atoms with Crippen molar-refractivity contribution < 1.29 is 14.3 Å². The van der Waals surface area contributed by atoms with E-state index in [1.807, 2.05) is 38.1 Å².